The Labute approximate surface area is 133 Å². The van der Waals surface area contributed by atoms with Crippen LogP contribution in [0.5, 0.6) is 5.75 Å². The fraction of sp³-hybridized carbons (Fsp3) is 0.250. The van der Waals surface area contributed by atoms with Gasteiger partial charge in [0.2, 0.25) is 0 Å². The molecule has 3 rings (SSSR count). The normalized spacial score (nSPS) is 10.7. The van der Waals surface area contributed by atoms with E-state index in [0.717, 1.165) is 22.5 Å². The van der Waals surface area contributed by atoms with E-state index in [9.17, 15) is 4.79 Å². The largest absolute Gasteiger partial charge is 0.427 e. The van der Waals surface area contributed by atoms with Gasteiger partial charge in [0.1, 0.15) is 12.1 Å². The predicted molar refractivity (Wildman–Crippen MR) is 86.5 cm³/mol. The number of hydrogen-bond donors (Lipinski definition) is 0. The lowest BCUT2D eigenvalue weighted by Gasteiger charge is -2.11. The maximum Gasteiger partial charge on any atom is 0.308 e. The van der Waals surface area contributed by atoms with Gasteiger partial charge in [-0.3, -0.25) is 4.79 Å². The van der Waals surface area contributed by atoms with Gasteiger partial charge in [-0.2, -0.15) is 0 Å². The SMILES string of the molecule is CC(=O)Oc1cccc(Cn2cnc3c(N(C)C)ncnc32)c1. The zero-order chi connectivity index (χ0) is 16.4. The van der Waals surface area contributed by atoms with Crippen molar-refractivity contribution >= 4 is 23.0 Å². The molecule has 0 saturated carbocycles. The molecular weight excluding hydrogens is 294 g/mol. The van der Waals surface area contributed by atoms with Crippen molar-refractivity contribution in [1.82, 2.24) is 19.5 Å². The van der Waals surface area contributed by atoms with Crippen molar-refractivity contribution in [3.05, 3.63) is 42.5 Å². The number of hydrogen-bond acceptors (Lipinski definition) is 6. The van der Waals surface area contributed by atoms with Gasteiger partial charge in [0, 0.05) is 21.0 Å². The summed E-state index contributed by atoms with van der Waals surface area (Å²) >= 11 is 0. The van der Waals surface area contributed by atoms with E-state index in [1.54, 1.807) is 12.4 Å². The topological polar surface area (TPSA) is 73.1 Å². The van der Waals surface area contributed by atoms with Crippen molar-refractivity contribution < 1.29 is 9.53 Å². The van der Waals surface area contributed by atoms with E-state index in [1.165, 1.54) is 13.3 Å². The summed E-state index contributed by atoms with van der Waals surface area (Å²) in [6, 6.07) is 7.41. The zero-order valence-electron chi connectivity index (χ0n) is 13.2. The lowest BCUT2D eigenvalue weighted by molar-refractivity contribution is -0.131. The minimum absolute atomic E-state index is 0.335. The Kier molecular flexibility index (Phi) is 3.92. The number of anilines is 1. The van der Waals surface area contributed by atoms with Crippen LogP contribution in [0, 0.1) is 0 Å². The van der Waals surface area contributed by atoms with Gasteiger partial charge in [0.25, 0.3) is 0 Å². The number of nitrogens with zero attached hydrogens (tertiary/aromatic N) is 5. The van der Waals surface area contributed by atoms with E-state index in [4.69, 9.17) is 4.74 Å². The molecular formula is C16H17N5O2. The van der Waals surface area contributed by atoms with Crippen LogP contribution in [-0.4, -0.2) is 39.6 Å². The van der Waals surface area contributed by atoms with Crippen LogP contribution in [-0.2, 0) is 11.3 Å². The van der Waals surface area contributed by atoms with E-state index in [1.807, 2.05) is 41.8 Å². The third-order valence-electron chi connectivity index (χ3n) is 3.32. The molecule has 3 aromatic rings. The number of esters is 1. The fourth-order valence-corrected chi connectivity index (χ4v) is 2.38. The molecule has 0 spiro atoms. The minimum Gasteiger partial charge on any atom is -0.427 e. The smallest absolute Gasteiger partial charge is 0.308 e. The second kappa shape index (κ2) is 6.04. The first kappa shape index (κ1) is 15.0. The molecule has 0 aliphatic heterocycles. The van der Waals surface area contributed by atoms with Crippen molar-refractivity contribution in [2.45, 2.75) is 13.5 Å². The number of ether oxygens (including phenoxy) is 1. The van der Waals surface area contributed by atoms with Gasteiger partial charge in [0.15, 0.2) is 17.0 Å². The number of imidazole rings is 1. The Morgan fingerprint density at radius 2 is 2.09 bits per heavy atom. The quantitative estimate of drug-likeness (QED) is 0.541. The fourth-order valence-electron chi connectivity index (χ4n) is 2.38. The average molecular weight is 311 g/mol. The van der Waals surface area contributed by atoms with E-state index in [0.29, 0.717) is 12.3 Å². The van der Waals surface area contributed by atoms with Crippen LogP contribution < -0.4 is 9.64 Å². The molecule has 0 aliphatic carbocycles. The molecule has 0 atom stereocenters. The van der Waals surface area contributed by atoms with Crippen LogP contribution in [0.15, 0.2) is 36.9 Å². The Hall–Kier alpha value is -2.96. The first-order chi connectivity index (χ1) is 11.0. The second-order valence-corrected chi connectivity index (χ2v) is 5.38. The highest BCUT2D eigenvalue weighted by Gasteiger charge is 2.11. The van der Waals surface area contributed by atoms with Crippen molar-refractivity contribution in [3.8, 4) is 5.75 Å². The summed E-state index contributed by atoms with van der Waals surface area (Å²) in [7, 11) is 3.84. The van der Waals surface area contributed by atoms with Gasteiger partial charge in [-0.15, -0.1) is 0 Å². The minimum atomic E-state index is -0.335. The monoisotopic (exact) mass is 311 g/mol. The highest BCUT2D eigenvalue weighted by Crippen LogP contribution is 2.21. The van der Waals surface area contributed by atoms with Crippen LogP contribution in [0.4, 0.5) is 5.82 Å². The van der Waals surface area contributed by atoms with Gasteiger partial charge in [0.05, 0.1) is 12.9 Å². The Morgan fingerprint density at radius 1 is 1.26 bits per heavy atom. The van der Waals surface area contributed by atoms with Crippen LogP contribution in [0.2, 0.25) is 0 Å². The molecule has 2 heterocycles. The van der Waals surface area contributed by atoms with Crippen molar-refractivity contribution in [1.29, 1.82) is 0 Å². The van der Waals surface area contributed by atoms with Crippen molar-refractivity contribution in [3.63, 3.8) is 0 Å². The summed E-state index contributed by atoms with van der Waals surface area (Å²) in [6.45, 7) is 1.96. The molecule has 0 saturated heterocycles. The third-order valence-corrected chi connectivity index (χ3v) is 3.32. The van der Waals surface area contributed by atoms with Crippen molar-refractivity contribution in [2.75, 3.05) is 19.0 Å². The highest BCUT2D eigenvalue weighted by molar-refractivity contribution is 5.83. The number of carbonyl (C=O) groups is 1. The summed E-state index contributed by atoms with van der Waals surface area (Å²) in [5.74, 6) is 0.976. The van der Waals surface area contributed by atoms with Gasteiger partial charge in [-0.05, 0) is 17.7 Å². The molecule has 7 heteroatoms. The number of benzene rings is 1. The molecule has 1 aromatic carbocycles. The number of rotatable bonds is 4. The second-order valence-electron chi connectivity index (χ2n) is 5.38. The Bertz CT molecular complexity index is 857. The molecule has 118 valence electrons. The van der Waals surface area contributed by atoms with Gasteiger partial charge < -0.3 is 14.2 Å². The van der Waals surface area contributed by atoms with Crippen LogP contribution in [0.1, 0.15) is 12.5 Å². The molecule has 0 fully saturated rings. The standard InChI is InChI=1S/C16H17N5O2/c1-11(22)23-13-6-4-5-12(7-13)8-21-10-19-14-15(20(2)3)17-9-18-16(14)21/h4-7,9-10H,8H2,1-3H3. The Morgan fingerprint density at radius 3 is 2.83 bits per heavy atom. The summed E-state index contributed by atoms with van der Waals surface area (Å²) in [5.41, 5.74) is 2.52. The number of aromatic nitrogens is 4. The molecule has 0 radical (unpaired) electrons. The van der Waals surface area contributed by atoms with E-state index in [-0.39, 0.29) is 5.97 Å². The van der Waals surface area contributed by atoms with Gasteiger partial charge in [-0.25, -0.2) is 15.0 Å². The first-order valence-corrected chi connectivity index (χ1v) is 7.15. The first-order valence-electron chi connectivity index (χ1n) is 7.15. The molecule has 0 aliphatic rings. The molecule has 0 bridgehead atoms. The summed E-state index contributed by atoms with van der Waals surface area (Å²) in [6.07, 6.45) is 3.27. The molecule has 0 N–H and O–H groups in total. The van der Waals surface area contributed by atoms with Gasteiger partial charge >= 0.3 is 5.97 Å². The van der Waals surface area contributed by atoms with Crippen molar-refractivity contribution in [2.24, 2.45) is 0 Å². The summed E-state index contributed by atoms with van der Waals surface area (Å²) in [5, 5.41) is 0. The van der Waals surface area contributed by atoms with Gasteiger partial charge in [-0.1, -0.05) is 12.1 Å². The molecule has 0 amide bonds. The van der Waals surface area contributed by atoms with E-state index < -0.39 is 0 Å². The maximum absolute atomic E-state index is 11.1. The molecule has 7 nitrogen and oxygen atoms in total. The molecule has 23 heavy (non-hydrogen) atoms. The molecule has 0 unspecified atom stereocenters. The zero-order valence-corrected chi connectivity index (χ0v) is 13.2. The predicted octanol–water partition coefficient (Wildman–Crippen LogP) is 1.87. The van der Waals surface area contributed by atoms with Crippen LogP contribution in [0.3, 0.4) is 0 Å². The maximum atomic E-state index is 11.1. The van der Waals surface area contributed by atoms with Crippen LogP contribution >= 0.6 is 0 Å². The highest BCUT2D eigenvalue weighted by atomic mass is 16.5. The van der Waals surface area contributed by atoms with E-state index >= 15 is 0 Å². The lowest BCUT2D eigenvalue weighted by Crippen LogP contribution is -2.11. The lowest BCUT2D eigenvalue weighted by atomic mass is 10.2. The number of fused-ring (bicyclic) bond motifs is 1. The summed E-state index contributed by atoms with van der Waals surface area (Å²) < 4.78 is 7.06. The summed E-state index contributed by atoms with van der Waals surface area (Å²) in [4.78, 5) is 26.0. The molecule has 2 aromatic heterocycles. The Balaban J connectivity index is 1.93. The number of carbonyl (C=O) groups excluding carboxylic acids is 1. The average Bonchev–Trinajstić information content (AvgIpc) is 2.90. The van der Waals surface area contributed by atoms with Crippen LogP contribution in [0.25, 0.3) is 11.2 Å². The van der Waals surface area contributed by atoms with E-state index in [2.05, 4.69) is 15.0 Å². The third kappa shape index (κ3) is 3.13.